The number of nitrogens with zero attached hydrogens (tertiary/aromatic N) is 1. The fourth-order valence-corrected chi connectivity index (χ4v) is 2.21. The van der Waals surface area contributed by atoms with Crippen LogP contribution in [0.4, 0.5) is 5.82 Å². The van der Waals surface area contributed by atoms with Crippen LogP contribution in [0.25, 0.3) is 10.8 Å². The van der Waals surface area contributed by atoms with Crippen LogP contribution in [-0.4, -0.2) is 22.7 Å². The summed E-state index contributed by atoms with van der Waals surface area (Å²) in [6, 6.07) is 7.31. The average Bonchev–Trinajstić information content (AvgIpc) is 2.35. The minimum absolute atomic E-state index is 0.106. The Morgan fingerprint density at radius 2 is 2.11 bits per heavy atom. The van der Waals surface area contributed by atoms with Crippen LogP contribution in [0.2, 0.25) is 0 Å². The number of hydrogen-bond donors (Lipinski definition) is 3. The lowest BCUT2D eigenvalue weighted by atomic mass is 10.0. The first-order chi connectivity index (χ1) is 9.06. The van der Waals surface area contributed by atoms with Gasteiger partial charge in [0.2, 0.25) is 0 Å². The average molecular weight is 259 g/mol. The Kier molecular flexibility index (Phi) is 4.22. The van der Waals surface area contributed by atoms with Crippen molar-refractivity contribution < 1.29 is 5.11 Å². The molecule has 1 aromatic carbocycles. The Morgan fingerprint density at radius 1 is 1.32 bits per heavy atom. The van der Waals surface area contributed by atoms with E-state index in [0.717, 1.165) is 23.0 Å². The number of hydrogen-bond acceptors (Lipinski definition) is 4. The third kappa shape index (κ3) is 3.58. The number of aromatic hydroxyl groups is 1. The topological polar surface area (TPSA) is 71.2 Å². The van der Waals surface area contributed by atoms with E-state index in [4.69, 9.17) is 5.73 Å². The van der Waals surface area contributed by atoms with Crippen LogP contribution in [0.5, 0.6) is 5.75 Å². The van der Waals surface area contributed by atoms with Crippen molar-refractivity contribution in [1.29, 1.82) is 0 Å². The highest BCUT2D eigenvalue weighted by molar-refractivity contribution is 5.92. The summed E-state index contributed by atoms with van der Waals surface area (Å²) in [5.41, 5.74) is 6.06. The molecule has 102 valence electrons. The molecular weight excluding hydrogens is 238 g/mol. The van der Waals surface area contributed by atoms with E-state index in [-0.39, 0.29) is 11.8 Å². The fraction of sp³-hybridized carbons (Fsp3) is 0.400. The molecule has 19 heavy (non-hydrogen) atoms. The van der Waals surface area contributed by atoms with Crippen molar-refractivity contribution in [3.63, 3.8) is 0 Å². The molecule has 1 aromatic heterocycles. The first-order valence-corrected chi connectivity index (χ1v) is 6.63. The molecule has 1 unspecified atom stereocenters. The molecule has 0 aliphatic rings. The van der Waals surface area contributed by atoms with Crippen molar-refractivity contribution in [3.05, 3.63) is 30.5 Å². The molecule has 0 radical (unpaired) electrons. The lowest BCUT2D eigenvalue weighted by Crippen LogP contribution is -2.30. The zero-order valence-electron chi connectivity index (χ0n) is 11.4. The molecule has 0 aliphatic carbocycles. The summed E-state index contributed by atoms with van der Waals surface area (Å²) < 4.78 is 0. The number of anilines is 1. The molecule has 0 aliphatic heterocycles. The van der Waals surface area contributed by atoms with Crippen LogP contribution in [0.1, 0.15) is 20.3 Å². The summed E-state index contributed by atoms with van der Waals surface area (Å²) in [6.45, 7) is 5.00. The maximum absolute atomic E-state index is 9.57. The third-order valence-corrected chi connectivity index (χ3v) is 3.06. The molecular formula is C15H21N3O. The summed E-state index contributed by atoms with van der Waals surface area (Å²) >= 11 is 0. The van der Waals surface area contributed by atoms with Crippen LogP contribution < -0.4 is 11.1 Å². The van der Waals surface area contributed by atoms with Gasteiger partial charge in [-0.05, 0) is 35.9 Å². The molecule has 1 atom stereocenters. The number of rotatable bonds is 5. The molecule has 4 nitrogen and oxygen atoms in total. The molecule has 2 aromatic rings. The molecule has 2 rings (SSSR count). The highest BCUT2D eigenvalue weighted by Crippen LogP contribution is 2.25. The number of aromatic nitrogens is 1. The monoisotopic (exact) mass is 259 g/mol. The maximum atomic E-state index is 9.57. The number of nitrogens with two attached hydrogens (primary N) is 1. The van der Waals surface area contributed by atoms with Gasteiger partial charge < -0.3 is 16.2 Å². The summed E-state index contributed by atoms with van der Waals surface area (Å²) in [4.78, 5) is 4.32. The number of nitrogens with one attached hydrogen (secondary N) is 1. The maximum Gasteiger partial charge on any atom is 0.134 e. The van der Waals surface area contributed by atoms with Gasteiger partial charge in [-0.2, -0.15) is 0 Å². The van der Waals surface area contributed by atoms with E-state index in [1.54, 1.807) is 18.3 Å². The van der Waals surface area contributed by atoms with Gasteiger partial charge in [0.1, 0.15) is 11.6 Å². The predicted octanol–water partition coefficient (Wildman–Crippen LogP) is 2.73. The van der Waals surface area contributed by atoms with E-state index in [1.807, 2.05) is 12.1 Å². The molecule has 0 spiro atoms. The quantitative estimate of drug-likeness (QED) is 0.772. The molecule has 4 heteroatoms. The predicted molar refractivity (Wildman–Crippen MR) is 79.3 cm³/mol. The largest absolute Gasteiger partial charge is 0.508 e. The number of benzene rings is 1. The van der Waals surface area contributed by atoms with Gasteiger partial charge in [0, 0.05) is 24.2 Å². The minimum atomic E-state index is 0.106. The summed E-state index contributed by atoms with van der Waals surface area (Å²) in [5.74, 6) is 1.60. The number of phenols is 1. The third-order valence-electron chi connectivity index (χ3n) is 3.06. The van der Waals surface area contributed by atoms with Gasteiger partial charge >= 0.3 is 0 Å². The highest BCUT2D eigenvalue weighted by Gasteiger charge is 2.07. The Bertz CT molecular complexity index is 554. The van der Waals surface area contributed by atoms with Crippen molar-refractivity contribution >= 4 is 16.6 Å². The summed E-state index contributed by atoms with van der Waals surface area (Å²) in [6.07, 6.45) is 2.73. The van der Waals surface area contributed by atoms with Gasteiger partial charge in [0.15, 0.2) is 0 Å². The first kappa shape index (κ1) is 13.6. The van der Waals surface area contributed by atoms with Crippen molar-refractivity contribution in [2.24, 2.45) is 11.7 Å². The second-order valence-electron chi connectivity index (χ2n) is 5.34. The van der Waals surface area contributed by atoms with Crippen molar-refractivity contribution in [1.82, 2.24) is 4.98 Å². The fourth-order valence-electron chi connectivity index (χ4n) is 2.21. The van der Waals surface area contributed by atoms with Crippen LogP contribution in [0.15, 0.2) is 30.5 Å². The molecule has 0 amide bonds. The van der Waals surface area contributed by atoms with Gasteiger partial charge in [0.25, 0.3) is 0 Å². The standard InChI is InChI=1S/C15H21N3O/c1-10(2)7-12(16)9-18-15-14-8-13(19)4-3-11(14)5-6-17-15/h3-6,8,10,12,19H,7,9,16H2,1-2H3,(H,17,18). The summed E-state index contributed by atoms with van der Waals surface area (Å²) in [5, 5.41) is 14.8. The Labute approximate surface area is 113 Å². The van der Waals surface area contributed by atoms with Crippen LogP contribution in [-0.2, 0) is 0 Å². The van der Waals surface area contributed by atoms with Crippen molar-refractivity contribution in [2.75, 3.05) is 11.9 Å². The smallest absolute Gasteiger partial charge is 0.134 e. The second kappa shape index (κ2) is 5.89. The van der Waals surface area contributed by atoms with Gasteiger partial charge in [0.05, 0.1) is 0 Å². The van der Waals surface area contributed by atoms with E-state index in [9.17, 15) is 5.11 Å². The van der Waals surface area contributed by atoms with Gasteiger partial charge in [-0.15, -0.1) is 0 Å². The number of fused-ring (bicyclic) bond motifs is 1. The second-order valence-corrected chi connectivity index (χ2v) is 5.34. The summed E-state index contributed by atoms with van der Waals surface area (Å²) in [7, 11) is 0. The van der Waals surface area contributed by atoms with Crippen LogP contribution in [0.3, 0.4) is 0 Å². The van der Waals surface area contributed by atoms with Gasteiger partial charge in [-0.25, -0.2) is 4.98 Å². The van der Waals surface area contributed by atoms with E-state index in [2.05, 4.69) is 24.1 Å². The van der Waals surface area contributed by atoms with Crippen molar-refractivity contribution in [2.45, 2.75) is 26.3 Å². The van der Waals surface area contributed by atoms with Crippen LogP contribution in [0, 0.1) is 5.92 Å². The molecule has 0 bridgehead atoms. The van der Waals surface area contributed by atoms with Crippen molar-refractivity contribution in [3.8, 4) is 5.75 Å². The SMILES string of the molecule is CC(C)CC(N)CNc1nccc2ccc(O)cc12. The van der Waals surface area contributed by atoms with Gasteiger partial charge in [-0.3, -0.25) is 0 Å². The van der Waals surface area contributed by atoms with E-state index < -0.39 is 0 Å². The lowest BCUT2D eigenvalue weighted by molar-refractivity contribution is 0.476. The molecule has 1 heterocycles. The molecule has 0 fully saturated rings. The minimum Gasteiger partial charge on any atom is -0.508 e. The highest BCUT2D eigenvalue weighted by atomic mass is 16.3. The van der Waals surface area contributed by atoms with E-state index in [1.165, 1.54) is 0 Å². The molecule has 0 saturated carbocycles. The Morgan fingerprint density at radius 3 is 2.84 bits per heavy atom. The van der Waals surface area contributed by atoms with E-state index in [0.29, 0.717) is 12.5 Å². The van der Waals surface area contributed by atoms with Crippen LogP contribution >= 0.6 is 0 Å². The van der Waals surface area contributed by atoms with Gasteiger partial charge in [-0.1, -0.05) is 19.9 Å². The molecule has 4 N–H and O–H groups in total. The molecule has 0 saturated heterocycles. The zero-order chi connectivity index (χ0) is 13.8. The lowest BCUT2D eigenvalue weighted by Gasteiger charge is -2.16. The Balaban J connectivity index is 2.14. The number of pyridine rings is 1. The number of phenolic OH excluding ortho intramolecular Hbond substituents is 1. The first-order valence-electron chi connectivity index (χ1n) is 6.63. The zero-order valence-corrected chi connectivity index (χ0v) is 11.4. The van der Waals surface area contributed by atoms with E-state index >= 15 is 0 Å². The Hall–Kier alpha value is -1.81. The normalized spacial score (nSPS) is 12.8.